The highest BCUT2D eigenvalue weighted by atomic mass is 16.2. The second-order valence-corrected chi connectivity index (χ2v) is 4.69. The maximum absolute atomic E-state index is 11.6. The molecule has 17 heavy (non-hydrogen) atoms. The van der Waals surface area contributed by atoms with Gasteiger partial charge >= 0.3 is 0 Å². The van der Waals surface area contributed by atoms with Gasteiger partial charge in [-0.25, -0.2) is 0 Å². The summed E-state index contributed by atoms with van der Waals surface area (Å²) in [5.74, 6) is 0.0702. The molecule has 0 aliphatic rings. The van der Waals surface area contributed by atoms with E-state index in [0.717, 1.165) is 12.8 Å². The van der Waals surface area contributed by atoms with Crippen molar-refractivity contribution in [3.63, 3.8) is 0 Å². The minimum Gasteiger partial charge on any atom is -0.370 e. The van der Waals surface area contributed by atoms with E-state index in [-0.39, 0.29) is 12.3 Å². The molecule has 0 aromatic heterocycles. The van der Waals surface area contributed by atoms with E-state index in [1.165, 1.54) is 6.42 Å². The highest BCUT2D eigenvalue weighted by Gasteiger charge is 2.17. The Morgan fingerprint density at radius 2 is 1.88 bits per heavy atom. The molecule has 0 radical (unpaired) electrons. The van der Waals surface area contributed by atoms with E-state index in [2.05, 4.69) is 24.5 Å². The smallest absolute Gasteiger partial charge is 0.237 e. The van der Waals surface area contributed by atoms with Crippen molar-refractivity contribution in [3.05, 3.63) is 0 Å². The van der Waals surface area contributed by atoms with Crippen molar-refractivity contribution in [2.45, 2.75) is 45.6 Å². The van der Waals surface area contributed by atoms with Gasteiger partial charge in [0.2, 0.25) is 11.8 Å². The fourth-order valence-corrected chi connectivity index (χ4v) is 1.54. The van der Waals surface area contributed by atoms with Crippen molar-refractivity contribution >= 4 is 11.8 Å². The average Bonchev–Trinajstić information content (AvgIpc) is 2.24. The van der Waals surface area contributed by atoms with Crippen molar-refractivity contribution in [3.8, 4) is 0 Å². The highest BCUT2D eigenvalue weighted by molar-refractivity contribution is 5.87. The predicted octanol–water partition coefficient (Wildman–Crippen LogP) is 0.392. The summed E-state index contributed by atoms with van der Waals surface area (Å²) < 4.78 is 0. The number of amides is 2. The lowest BCUT2D eigenvalue weighted by Crippen LogP contribution is -2.45. The molecular weight excluding hydrogens is 218 g/mol. The molecule has 0 spiro atoms. The normalized spacial score (nSPS) is 12.5. The molecular formula is C12H25N3O2. The van der Waals surface area contributed by atoms with Crippen LogP contribution in [0.1, 0.15) is 39.5 Å². The minimum absolute atomic E-state index is 0.0360. The van der Waals surface area contributed by atoms with Gasteiger partial charge in [-0.15, -0.1) is 0 Å². The van der Waals surface area contributed by atoms with E-state index in [0.29, 0.717) is 12.5 Å². The first-order valence-corrected chi connectivity index (χ1v) is 6.20. The number of nitrogens with one attached hydrogen (secondary N) is 2. The number of hydrogen-bond donors (Lipinski definition) is 3. The molecule has 2 amide bonds. The lowest BCUT2D eigenvalue weighted by Gasteiger charge is -2.14. The Bertz CT molecular complexity index is 242. The van der Waals surface area contributed by atoms with Gasteiger partial charge in [0.1, 0.15) is 0 Å². The van der Waals surface area contributed by atoms with Crippen molar-refractivity contribution in [2.75, 3.05) is 13.6 Å². The van der Waals surface area contributed by atoms with Crippen LogP contribution in [-0.2, 0) is 9.59 Å². The van der Waals surface area contributed by atoms with Crippen molar-refractivity contribution in [1.29, 1.82) is 0 Å². The first-order chi connectivity index (χ1) is 7.97. The zero-order valence-electron chi connectivity index (χ0n) is 11.1. The first kappa shape index (κ1) is 15.9. The zero-order valence-corrected chi connectivity index (χ0v) is 11.1. The Balaban J connectivity index is 3.72. The zero-order chi connectivity index (χ0) is 13.3. The number of carbonyl (C=O) groups is 2. The molecule has 0 rings (SSSR count). The number of rotatable bonds is 9. The fraction of sp³-hybridized carbons (Fsp3) is 0.833. The SMILES string of the molecule is CNC(CC(N)=O)C(=O)NCCCCC(C)C. The minimum atomic E-state index is -0.516. The molecule has 5 nitrogen and oxygen atoms in total. The number of hydrogen-bond acceptors (Lipinski definition) is 3. The number of unbranched alkanes of at least 4 members (excludes halogenated alkanes) is 1. The topological polar surface area (TPSA) is 84.2 Å². The summed E-state index contributed by atoms with van der Waals surface area (Å²) in [6, 6.07) is -0.516. The predicted molar refractivity (Wildman–Crippen MR) is 68.4 cm³/mol. The third-order valence-corrected chi connectivity index (χ3v) is 2.58. The van der Waals surface area contributed by atoms with Gasteiger partial charge in [0.25, 0.3) is 0 Å². The number of primary amides is 1. The fourth-order valence-electron chi connectivity index (χ4n) is 1.54. The summed E-state index contributed by atoms with van der Waals surface area (Å²) in [7, 11) is 1.64. The summed E-state index contributed by atoms with van der Waals surface area (Å²) in [6.07, 6.45) is 3.29. The molecule has 100 valence electrons. The summed E-state index contributed by atoms with van der Waals surface area (Å²) in [4.78, 5) is 22.4. The Morgan fingerprint density at radius 3 is 2.35 bits per heavy atom. The largest absolute Gasteiger partial charge is 0.370 e. The standard InChI is InChI=1S/C12H25N3O2/c1-9(2)6-4-5-7-15-12(17)10(14-3)8-11(13)16/h9-10,14H,4-8H2,1-3H3,(H2,13,16)(H,15,17). The van der Waals surface area contributed by atoms with E-state index in [1.807, 2.05) is 0 Å². The number of nitrogens with two attached hydrogens (primary N) is 1. The molecule has 0 saturated heterocycles. The van der Waals surface area contributed by atoms with Crippen LogP contribution in [0, 0.1) is 5.92 Å². The molecule has 0 aromatic rings. The van der Waals surface area contributed by atoms with Crippen LogP contribution >= 0.6 is 0 Å². The molecule has 0 aliphatic heterocycles. The van der Waals surface area contributed by atoms with Gasteiger partial charge in [-0.1, -0.05) is 26.7 Å². The molecule has 1 atom stereocenters. The van der Waals surface area contributed by atoms with Gasteiger partial charge in [0.05, 0.1) is 12.5 Å². The molecule has 0 aromatic carbocycles. The van der Waals surface area contributed by atoms with Crippen LogP contribution in [0.2, 0.25) is 0 Å². The van der Waals surface area contributed by atoms with Crippen LogP contribution < -0.4 is 16.4 Å². The van der Waals surface area contributed by atoms with Crippen LogP contribution in [0.5, 0.6) is 0 Å². The average molecular weight is 243 g/mol. The monoisotopic (exact) mass is 243 g/mol. The lowest BCUT2D eigenvalue weighted by atomic mass is 10.1. The van der Waals surface area contributed by atoms with Crippen LogP contribution in [0.15, 0.2) is 0 Å². The Labute approximate surface area is 104 Å². The first-order valence-electron chi connectivity index (χ1n) is 6.20. The second kappa shape index (κ2) is 8.98. The maximum atomic E-state index is 11.6. The Hall–Kier alpha value is -1.10. The van der Waals surface area contributed by atoms with Gasteiger partial charge in [0.15, 0.2) is 0 Å². The van der Waals surface area contributed by atoms with Gasteiger partial charge in [-0.3, -0.25) is 9.59 Å². The third-order valence-electron chi connectivity index (χ3n) is 2.58. The second-order valence-electron chi connectivity index (χ2n) is 4.69. The Morgan fingerprint density at radius 1 is 1.24 bits per heavy atom. The summed E-state index contributed by atoms with van der Waals surface area (Å²) >= 11 is 0. The molecule has 5 heteroatoms. The van der Waals surface area contributed by atoms with E-state index in [4.69, 9.17) is 5.73 Å². The van der Waals surface area contributed by atoms with Crippen LogP contribution in [0.25, 0.3) is 0 Å². The van der Waals surface area contributed by atoms with Gasteiger partial charge in [0, 0.05) is 6.54 Å². The van der Waals surface area contributed by atoms with Crippen molar-refractivity contribution in [2.24, 2.45) is 11.7 Å². The summed E-state index contributed by atoms with van der Waals surface area (Å²) in [5, 5.41) is 5.58. The van der Waals surface area contributed by atoms with E-state index < -0.39 is 11.9 Å². The van der Waals surface area contributed by atoms with E-state index in [1.54, 1.807) is 7.05 Å². The molecule has 4 N–H and O–H groups in total. The lowest BCUT2D eigenvalue weighted by molar-refractivity contribution is -0.127. The molecule has 0 heterocycles. The number of carbonyl (C=O) groups excluding carboxylic acids is 2. The third kappa shape index (κ3) is 8.68. The van der Waals surface area contributed by atoms with Crippen LogP contribution in [0.3, 0.4) is 0 Å². The highest BCUT2D eigenvalue weighted by Crippen LogP contribution is 2.05. The van der Waals surface area contributed by atoms with Crippen molar-refractivity contribution in [1.82, 2.24) is 10.6 Å². The van der Waals surface area contributed by atoms with E-state index in [9.17, 15) is 9.59 Å². The van der Waals surface area contributed by atoms with Crippen LogP contribution in [0.4, 0.5) is 0 Å². The van der Waals surface area contributed by atoms with Gasteiger partial charge < -0.3 is 16.4 Å². The molecule has 0 bridgehead atoms. The van der Waals surface area contributed by atoms with Crippen molar-refractivity contribution < 1.29 is 9.59 Å². The summed E-state index contributed by atoms with van der Waals surface area (Å²) in [6.45, 7) is 5.02. The van der Waals surface area contributed by atoms with E-state index >= 15 is 0 Å². The quantitative estimate of drug-likeness (QED) is 0.512. The maximum Gasteiger partial charge on any atom is 0.237 e. The molecule has 0 saturated carbocycles. The van der Waals surface area contributed by atoms with Crippen LogP contribution in [-0.4, -0.2) is 31.4 Å². The molecule has 0 fully saturated rings. The molecule has 1 unspecified atom stereocenters. The van der Waals surface area contributed by atoms with Gasteiger partial charge in [-0.2, -0.15) is 0 Å². The Kier molecular flexibility index (Phi) is 8.40. The number of likely N-dealkylation sites (N-methyl/N-ethyl adjacent to an activating group) is 1. The summed E-state index contributed by atoms with van der Waals surface area (Å²) in [5.41, 5.74) is 5.06. The van der Waals surface area contributed by atoms with Gasteiger partial charge in [-0.05, 0) is 19.4 Å². The molecule has 0 aliphatic carbocycles.